The Morgan fingerprint density at radius 2 is 1.71 bits per heavy atom. The highest BCUT2D eigenvalue weighted by Gasteiger charge is 2.36. The highest BCUT2D eigenvalue weighted by atomic mass is 16.5. The molecule has 3 aromatic heterocycles. The van der Waals surface area contributed by atoms with Crippen molar-refractivity contribution in [3.63, 3.8) is 0 Å². The fraction of sp³-hybridized carbons (Fsp3) is 0.308. The number of anilines is 2. The molecule has 2 saturated heterocycles. The number of hydrogen-bond acceptors (Lipinski definition) is 7. The number of benzene rings is 1. The van der Waals surface area contributed by atoms with Crippen molar-refractivity contribution in [3.05, 3.63) is 72.6 Å². The quantitative estimate of drug-likeness (QED) is 0.455. The molecule has 0 bridgehead atoms. The van der Waals surface area contributed by atoms with Gasteiger partial charge in [0, 0.05) is 56.3 Å². The van der Waals surface area contributed by atoms with Crippen LogP contribution in [0.2, 0.25) is 0 Å². The molecule has 0 radical (unpaired) electrons. The van der Waals surface area contributed by atoms with Crippen molar-refractivity contribution < 1.29 is 9.53 Å². The number of carbonyl (C=O) groups excluding carboxylic acids is 1. The van der Waals surface area contributed by atoms with E-state index in [1.54, 1.807) is 12.4 Å². The minimum atomic E-state index is -0.341. The van der Waals surface area contributed by atoms with Crippen LogP contribution in [0.25, 0.3) is 16.9 Å². The van der Waals surface area contributed by atoms with Crippen LogP contribution in [0.4, 0.5) is 11.6 Å². The van der Waals surface area contributed by atoms with Gasteiger partial charge in [-0.15, -0.1) is 0 Å². The summed E-state index contributed by atoms with van der Waals surface area (Å²) in [6.07, 6.45) is 3.52. The summed E-state index contributed by atoms with van der Waals surface area (Å²) in [5, 5.41) is 4.87. The van der Waals surface area contributed by atoms with Crippen LogP contribution in [0.15, 0.2) is 67.0 Å². The van der Waals surface area contributed by atoms with Crippen molar-refractivity contribution in [2.45, 2.75) is 6.04 Å². The number of hydrogen-bond donors (Lipinski definition) is 0. The molecule has 2 aliphatic rings. The summed E-state index contributed by atoms with van der Waals surface area (Å²) in [6, 6.07) is 17.4. The Kier molecular flexibility index (Phi) is 5.63. The predicted octanol–water partition coefficient (Wildman–Crippen LogP) is 2.65. The summed E-state index contributed by atoms with van der Waals surface area (Å²) in [7, 11) is 2.00. The maximum Gasteiger partial charge on any atom is 0.250 e. The molecule has 1 amide bonds. The van der Waals surface area contributed by atoms with Crippen molar-refractivity contribution in [1.29, 1.82) is 0 Å². The van der Waals surface area contributed by atoms with Gasteiger partial charge in [-0.3, -0.25) is 19.6 Å². The van der Waals surface area contributed by atoms with Gasteiger partial charge in [-0.2, -0.15) is 9.61 Å². The largest absolute Gasteiger partial charge is 0.378 e. The lowest BCUT2D eigenvalue weighted by Crippen LogP contribution is -2.51. The van der Waals surface area contributed by atoms with E-state index in [4.69, 9.17) is 14.8 Å². The number of nitrogens with zero attached hydrogens (tertiary/aromatic N) is 7. The first-order chi connectivity index (χ1) is 17.2. The number of pyridine rings is 1. The Labute approximate surface area is 203 Å². The number of aromatic nitrogens is 4. The Hall–Kier alpha value is -3.82. The number of likely N-dealkylation sites (N-methyl/N-ethyl adjacent to an activating group) is 1. The number of morpholine rings is 1. The third kappa shape index (κ3) is 4.02. The summed E-state index contributed by atoms with van der Waals surface area (Å²) in [4.78, 5) is 29.0. The van der Waals surface area contributed by atoms with Gasteiger partial charge in [-0.05, 0) is 24.7 Å². The normalized spacial score (nSPS) is 19.5. The van der Waals surface area contributed by atoms with Gasteiger partial charge >= 0.3 is 0 Å². The van der Waals surface area contributed by atoms with Gasteiger partial charge in [0.2, 0.25) is 5.91 Å². The zero-order valence-electron chi connectivity index (χ0n) is 19.6. The number of fused-ring (bicyclic) bond motifs is 1. The molecule has 2 fully saturated rings. The van der Waals surface area contributed by atoms with E-state index >= 15 is 0 Å². The van der Waals surface area contributed by atoms with Crippen molar-refractivity contribution in [2.24, 2.45) is 0 Å². The van der Waals surface area contributed by atoms with Crippen LogP contribution in [0.3, 0.4) is 0 Å². The van der Waals surface area contributed by atoms with Gasteiger partial charge in [-0.25, -0.2) is 4.98 Å². The zero-order chi connectivity index (χ0) is 23.8. The molecule has 0 saturated carbocycles. The summed E-state index contributed by atoms with van der Waals surface area (Å²) < 4.78 is 7.46. The third-order valence-corrected chi connectivity index (χ3v) is 6.71. The zero-order valence-corrected chi connectivity index (χ0v) is 19.6. The summed E-state index contributed by atoms with van der Waals surface area (Å²) >= 11 is 0. The monoisotopic (exact) mass is 469 g/mol. The van der Waals surface area contributed by atoms with E-state index < -0.39 is 0 Å². The van der Waals surface area contributed by atoms with E-state index in [2.05, 4.69) is 14.8 Å². The second-order valence-electron chi connectivity index (χ2n) is 8.89. The fourth-order valence-corrected chi connectivity index (χ4v) is 4.86. The number of carbonyl (C=O) groups is 1. The lowest BCUT2D eigenvalue weighted by atomic mass is 10.0. The van der Waals surface area contributed by atoms with Gasteiger partial charge in [0.25, 0.3) is 0 Å². The molecule has 9 nitrogen and oxygen atoms in total. The topological polar surface area (TPSA) is 79.1 Å². The molecular weight excluding hydrogens is 442 g/mol. The molecule has 1 atom stereocenters. The van der Waals surface area contributed by atoms with E-state index in [0.717, 1.165) is 42.3 Å². The second-order valence-corrected chi connectivity index (χ2v) is 8.89. The number of amides is 1. The molecule has 0 aliphatic carbocycles. The molecule has 35 heavy (non-hydrogen) atoms. The first kappa shape index (κ1) is 21.7. The maximum absolute atomic E-state index is 13.8. The SMILES string of the molecule is CN1CCN(c2cc(N3CCOCC3)n3nc(-c4ccncc4)cc3n2)C(=O)C1c1ccccc1. The number of piperazine rings is 1. The van der Waals surface area contributed by atoms with E-state index in [1.807, 2.05) is 71.1 Å². The Balaban J connectivity index is 1.44. The highest BCUT2D eigenvalue weighted by molar-refractivity contribution is 5.98. The van der Waals surface area contributed by atoms with Crippen LogP contribution in [-0.2, 0) is 9.53 Å². The minimum absolute atomic E-state index is 0.0311. The average molecular weight is 470 g/mol. The van der Waals surface area contributed by atoms with Crippen LogP contribution in [0, 0.1) is 0 Å². The third-order valence-electron chi connectivity index (χ3n) is 6.71. The van der Waals surface area contributed by atoms with Gasteiger partial charge < -0.3 is 9.64 Å². The summed E-state index contributed by atoms with van der Waals surface area (Å²) in [6.45, 7) is 4.16. The summed E-state index contributed by atoms with van der Waals surface area (Å²) in [5.41, 5.74) is 3.49. The molecule has 9 heteroatoms. The second kappa shape index (κ2) is 9.09. The van der Waals surface area contributed by atoms with Crippen LogP contribution >= 0.6 is 0 Å². The number of rotatable bonds is 4. The van der Waals surface area contributed by atoms with E-state index in [9.17, 15) is 4.79 Å². The predicted molar refractivity (Wildman–Crippen MR) is 133 cm³/mol. The van der Waals surface area contributed by atoms with Crippen molar-refractivity contribution >= 4 is 23.2 Å². The number of ether oxygens (including phenoxy) is 1. The average Bonchev–Trinajstić information content (AvgIpc) is 3.34. The Morgan fingerprint density at radius 1 is 0.943 bits per heavy atom. The molecule has 4 aromatic rings. The standard InChI is InChI=1S/C26H27N7O2/c1-30-11-12-32(26(34)25(30)20-5-3-2-4-6-20)22-18-24(31-13-15-35-16-14-31)33-23(28-22)17-21(29-33)19-7-9-27-10-8-19/h2-10,17-18,25H,11-16H2,1H3. The smallest absolute Gasteiger partial charge is 0.250 e. The molecule has 5 heterocycles. The van der Waals surface area contributed by atoms with E-state index in [1.165, 1.54) is 0 Å². The van der Waals surface area contributed by atoms with Crippen LogP contribution < -0.4 is 9.80 Å². The van der Waals surface area contributed by atoms with Gasteiger partial charge in [0.1, 0.15) is 17.7 Å². The van der Waals surface area contributed by atoms with Crippen LogP contribution in [0.5, 0.6) is 0 Å². The lowest BCUT2D eigenvalue weighted by molar-refractivity contribution is -0.125. The maximum atomic E-state index is 13.8. The van der Waals surface area contributed by atoms with Crippen molar-refractivity contribution in [1.82, 2.24) is 24.5 Å². The molecule has 6 rings (SSSR count). The summed E-state index contributed by atoms with van der Waals surface area (Å²) in [5.74, 6) is 1.60. The molecule has 0 N–H and O–H groups in total. The highest BCUT2D eigenvalue weighted by Crippen LogP contribution is 2.31. The molecule has 1 aromatic carbocycles. The van der Waals surface area contributed by atoms with Gasteiger partial charge in [-0.1, -0.05) is 30.3 Å². The first-order valence-corrected chi connectivity index (χ1v) is 11.9. The van der Waals surface area contributed by atoms with Gasteiger partial charge in [0.15, 0.2) is 5.65 Å². The Bertz CT molecular complexity index is 1340. The molecule has 2 aliphatic heterocycles. The fourth-order valence-electron chi connectivity index (χ4n) is 4.86. The van der Waals surface area contributed by atoms with Crippen molar-refractivity contribution in [2.75, 3.05) is 56.2 Å². The van der Waals surface area contributed by atoms with Crippen LogP contribution in [0.1, 0.15) is 11.6 Å². The lowest BCUT2D eigenvalue weighted by Gasteiger charge is -2.38. The van der Waals surface area contributed by atoms with E-state index in [0.29, 0.717) is 31.2 Å². The Morgan fingerprint density at radius 3 is 2.49 bits per heavy atom. The molecule has 1 unspecified atom stereocenters. The molecular formula is C26H27N7O2. The molecule has 0 spiro atoms. The van der Waals surface area contributed by atoms with E-state index in [-0.39, 0.29) is 11.9 Å². The minimum Gasteiger partial charge on any atom is -0.378 e. The molecule has 178 valence electrons. The first-order valence-electron chi connectivity index (χ1n) is 11.9. The van der Waals surface area contributed by atoms with Crippen LogP contribution in [-0.4, -0.2) is 76.8 Å². The van der Waals surface area contributed by atoms with Crippen molar-refractivity contribution in [3.8, 4) is 11.3 Å². The van der Waals surface area contributed by atoms with Gasteiger partial charge in [0.05, 0.1) is 18.9 Å².